The second-order valence-electron chi connectivity index (χ2n) is 7.44. The highest BCUT2D eigenvalue weighted by molar-refractivity contribution is 7.07. The van der Waals surface area contributed by atoms with Crippen LogP contribution >= 0.6 is 11.3 Å². The number of methoxy groups -OCH3 is 1. The predicted molar refractivity (Wildman–Crippen MR) is 106 cm³/mol. The minimum Gasteiger partial charge on any atom is -0.497 e. The van der Waals surface area contributed by atoms with Crippen LogP contribution in [0.25, 0.3) is 11.3 Å². The zero-order valence-corrected chi connectivity index (χ0v) is 16.2. The van der Waals surface area contributed by atoms with Crippen LogP contribution in [0.2, 0.25) is 0 Å². The lowest BCUT2D eigenvalue weighted by Gasteiger charge is -2.35. The first-order valence-corrected chi connectivity index (χ1v) is 10.3. The van der Waals surface area contributed by atoms with E-state index in [2.05, 4.69) is 43.4 Å². The zero-order valence-electron chi connectivity index (χ0n) is 15.4. The van der Waals surface area contributed by atoms with Gasteiger partial charge in [0.15, 0.2) is 0 Å². The van der Waals surface area contributed by atoms with E-state index in [-0.39, 0.29) is 5.60 Å². The molecular formula is C21H23N3O2S. The summed E-state index contributed by atoms with van der Waals surface area (Å²) in [5.41, 5.74) is 3.56. The van der Waals surface area contributed by atoms with Gasteiger partial charge in [-0.1, -0.05) is 12.1 Å². The van der Waals surface area contributed by atoms with Gasteiger partial charge in [-0.05, 0) is 40.9 Å². The quantitative estimate of drug-likeness (QED) is 0.689. The first-order chi connectivity index (χ1) is 13.2. The van der Waals surface area contributed by atoms with Gasteiger partial charge in [-0.25, -0.2) is 4.98 Å². The van der Waals surface area contributed by atoms with E-state index in [0.717, 1.165) is 55.4 Å². The van der Waals surface area contributed by atoms with Crippen molar-refractivity contribution in [3.63, 3.8) is 0 Å². The highest BCUT2D eigenvalue weighted by Gasteiger charge is 2.43. The molecule has 2 aliphatic rings. The number of hydrogen-bond acceptors (Lipinski definition) is 5. The fraction of sp³-hybridized carbons (Fsp3) is 0.381. The summed E-state index contributed by atoms with van der Waals surface area (Å²) in [7, 11) is 1.70. The Kier molecular flexibility index (Phi) is 4.27. The molecule has 0 radical (unpaired) electrons. The van der Waals surface area contributed by atoms with Gasteiger partial charge in [0, 0.05) is 25.2 Å². The van der Waals surface area contributed by atoms with Crippen LogP contribution in [0.15, 0.2) is 47.3 Å². The number of likely N-dealkylation sites (tertiary alicyclic amines) is 1. The van der Waals surface area contributed by atoms with E-state index < -0.39 is 0 Å². The largest absolute Gasteiger partial charge is 0.497 e. The van der Waals surface area contributed by atoms with Crippen LogP contribution in [0.3, 0.4) is 0 Å². The SMILES string of the molecule is COc1cccc(-c2cnc3n2CC2(CCN(Cc4ccsc4)C2)OC3)c1. The summed E-state index contributed by atoms with van der Waals surface area (Å²) in [5.74, 6) is 1.88. The van der Waals surface area contributed by atoms with Gasteiger partial charge in [-0.15, -0.1) is 0 Å². The van der Waals surface area contributed by atoms with Crippen LogP contribution in [-0.2, 0) is 24.4 Å². The van der Waals surface area contributed by atoms with Crippen LogP contribution in [0.5, 0.6) is 5.75 Å². The average molecular weight is 382 g/mol. The Labute approximate surface area is 163 Å². The summed E-state index contributed by atoms with van der Waals surface area (Å²) in [6.07, 6.45) is 3.02. The van der Waals surface area contributed by atoms with Crippen molar-refractivity contribution in [2.75, 3.05) is 20.2 Å². The number of ether oxygens (including phenoxy) is 2. The predicted octanol–water partition coefficient (Wildman–Crippen LogP) is 3.80. The van der Waals surface area contributed by atoms with E-state index in [1.807, 2.05) is 18.3 Å². The maximum absolute atomic E-state index is 6.35. The minimum absolute atomic E-state index is 0.114. The smallest absolute Gasteiger partial charge is 0.135 e. The number of rotatable bonds is 4. The second kappa shape index (κ2) is 6.78. The van der Waals surface area contributed by atoms with Crippen molar-refractivity contribution < 1.29 is 9.47 Å². The molecule has 1 fully saturated rings. The average Bonchev–Trinajstić information content (AvgIpc) is 3.43. The molecule has 1 aromatic carbocycles. The number of imidazole rings is 1. The molecule has 1 saturated heterocycles. The van der Waals surface area contributed by atoms with Gasteiger partial charge in [0.25, 0.3) is 0 Å². The molecule has 1 spiro atoms. The van der Waals surface area contributed by atoms with E-state index >= 15 is 0 Å². The molecule has 0 bridgehead atoms. The zero-order chi connectivity index (χ0) is 18.3. The molecule has 5 nitrogen and oxygen atoms in total. The first-order valence-electron chi connectivity index (χ1n) is 9.31. The van der Waals surface area contributed by atoms with Gasteiger partial charge in [0.2, 0.25) is 0 Å². The summed E-state index contributed by atoms with van der Waals surface area (Å²) in [4.78, 5) is 7.12. The molecule has 6 heteroatoms. The highest BCUT2D eigenvalue weighted by atomic mass is 32.1. The highest BCUT2D eigenvalue weighted by Crippen LogP contribution is 2.36. The molecule has 1 unspecified atom stereocenters. The Bertz CT molecular complexity index is 937. The van der Waals surface area contributed by atoms with Gasteiger partial charge >= 0.3 is 0 Å². The molecule has 0 N–H and O–H groups in total. The van der Waals surface area contributed by atoms with Crippen LogP contribution in [-0.4, -0.2) is 40.3 Å². The van der Waals surface area contributed by atoms with Crippen LogP contribution < -0.4 is 4.74 Å². The van der Waals surface area contributed by atoms with E-state index in [1.165, 1.54) is 5.56 Å². The summed E-state index contributed by atoms with van der Waals surface area (Å²) < 4.78 is 14.1. The van der Waals surface area contributed by atoms with E-state index in [9.17, 15) is 0 Å². The van der Waals surface area contributed by atoms with Gasteiger partial charge < -0.3 is 14.0 Å². The molecule has 2 aliphatic heterocycles. The molecule has 5 rings (SSSR count). The summed E-state index contributed by atoms with van der Waals surface area (Å²) in [5, 5.41) is 4.39. The van der Waals surface area contributed by atoms with Gasteiger partial charge in [-0.3, -0.25) is 4.90 Å². The molecule has 3 aromatic rings. The lowest BCUT2D eigenvalue weighted by Crippen LogP contribution is -2.44. The fourth-order valence-corrected chi connectivity index (χ4v) is 4.88. The number of hydrogen-bond donors (Lipinski definition) is 0. The number of aromatic nitrogens is 2. The maximum Gasteiger partial charge on any atom is 0.135 e. The molecule has 2 aromatic heterocycles. The maximum atomic E-state index is 6.35. The van der Waals surface area contributed by atoms with Crippen molar-refractivity contribution in [1.82, 2.24) is 14.5 Å². The Morgan fingerprint density at radius 1 is 1.30 bits per heavy atom. The Morgan fingerprint density at radius 3 is 3.11 bits per heavy atom. The minimum atomic E-state index is -0.114. The molecule has 140 valence electrons. The molecule has 1 atom stereocenters. The van der Waals surface area contributed by atoms with Crippen molar-refractivity contribution >= 4 is 11.3 Å². The normalized spacial score (nSPS) is 22.3. The Hall–Kier alpha value is -2.15. The van der Waals surface area contributed by atoms with Crippen LogP contribution in [0, 0.1) is 0 Å². The fourth-order valence-electron chi connectivity index (χ4n) is 4.22. The third-order valence-electron chi connectivity index (χ3n) is 5.64. The van der Waals surface area contributed by atoms with Crippen molar-refractivity contribution in [2.45, 2.75) is 31.7 Å². The summed E-state index contributed by atoms with van der Waals surface area (Å²) in [6.45, 7) is 4.49. The lowest BCUT2D eigenvalue weighted by atomic mass is 10.0. The number of thiophene rings is 1. The van der Waals surface area contributed by atoms with Crippen LogP contribution in [0.1, 0.15) is 17.8 Å². The molecule has 0 amide bonds. The van der Waals surface area contributed by atoms with Crippen molar-refractivity contribution in [3.8, 4) is 17.0 Å². The molecule has 4 heterocycles. The Balaban J connectivity index is 1.39. The molecular weight excluding hydrogens is 358 g/mol. The molecule has 0 saturated carbocycles. The van der Waals surface area contributed by atoms with Crippen molar-refractivity contribution in [2.24, 2.45) is 0 Å². The van der Waals surface area contributed by atoms with Crippen LogP contribution in [0.4, 0.5) is 0 Å². The third kappa shape index (κ3) is 3.18. The van der Waals surface area contributed by atoms with E-state index in [4.69, 9.17) is 9.47 Å². The van der Waals surface area contributed by atoms with Crippen molar-refractivity contribution in [1.29, 1.82) is 0 Å². The van der Waals surface area contributed by atoms with Gasteiger partial charge in [0.1, 0.15) is 23.8 Å². The lowest BCUT2D eigenvalue weighted by molar-refractivity contribution is -0.0821. The molecule has 0 aliphatic carbocycles. The standard InChI is InChI=1S/C21H23N3O2S/c1-25-18-4-2-3-17(9-18)19-10-22-20-12-26-21(15-24(19)20)6-7-23(14-21)11-16-5-8-27-13-16/h2-5,8-10,13H,6-7,11-12,14-15H2,1H3. The van der Waals surface area contributed by atoms with Crippen molar-refractivity contribution in [3.05, 3.63) is 58.7 Å². The second-order valence-corrected chi connectivity index (χ2v) is 8.22. The van der Waals surface area contributed by atoms with E-state index in [1.54, 1.807) is 18.4 Å². The third-order valence-corrected chi connectivity index (χ3v) is 6.37. The van der Waals surface area contributed by atoms with Gasteiger partial charge in [0.05, 0.1) is 25.5 Å². The number of fused-ring (bicyclic) bond motifs is 1. The topological polar surface area (TPSA) is 39.5 Å². The van der Waals surface area contributed by atoms with Gasteiger partial charge in [-0.2, -0.15) is 11.3 Å². The monoisotopic (exact) mass is 381 g/mol. The Morgan fingerprint density at radius 2 is 2.26 bits per heavy atom. The summed E-state index contributed by atoms with van der Waals surface area (Å²) in [6, 6.07) is 10.4. The molecule has 27 heavy (non-hydrogen) atoms. The summed E-state index contributed by atoms with van der Waals surface area (Å²) >= 11 is 1.76. The van der Waals surface area contributed by atoms with E-state index in [0.29, 0.717) is 6.61 Å². The number of nitrogens with zero attached hydrogens (tertiary/aromatic N) is 3. The number of benzene rings is 1. The first kappa shape index (κ1) is 17.0.